The highest BCUT2D eigenvalue weighted by molar-refractivity contribution is 6.46. The number of fused-ring (bicyclic) bond motifs is 1. The average Bonchev–Trinajstić information content (AvgIpc) is 3.49. The highest BCUT2D eigenvalue weighted by Gasteiger charge is 2.47. The van der Waals surface area contributed by atoms with Gasteiger partial charge in [0.25, 0.3) is 11.7 Å². The van der Waals surface area contributed by atoms with E-state index in [-0.39, 0.29) is 11.3 Å². The molecular formula is C23H26N2O5. The van der Waals surface area contributed by atoms with E-state index in [1.54, 1.807) is 24.3 Å². The third-order valence-electron chi connectivity index (χ3n) is 5.87. The first-order chi connectivity index (χ1) is 14.5. The number of ether oxygens (including phenoxy) is 1. The summed E-state index contributed by atoms with van der Waals surface area (Å²) in [6.45, 7) is 7.41. The average molecular weight is 410 g/mol. The predicted octanol–water partition coefficient (Wildman–Crippen LogP) is 2.98. The number of benzene rings is 1. The van der Waals surface area contributed by atoms with Gasteiger partial charge in [-0.25, -0.2) is 0 Å². The van der Waals surface area contributed by atoms with Gasteiger partial charge in [0.2, 0.25) is 0 Å². The second-order valence-electron chi connectivity index (χ2n) is 7.46. The molecule has 1 aromatic heterocycles. The SMILES string of the molecule is CCN(CC)CCN1C(=O)C(=O)/C(=C(\O)c2ccc3c(c2)CCO3)C1c1ccco1. The Morgan fingerprint density at radius 2 is 2.03 bits per heavy atom. The Labute approximate surface area is 175 Å². The molecule has 2 aromatic rings. The topological polar surface area (TPSA) is 83.2 Å². The highest BCUT2D eigenvalue weighted by atomic mass is 16.5. The van der Waals surface area contributed by atoms with Crippen molar-refractivity contribution in [3.8, 4) is 5.75 Å². The number of aliphatic hydroxyl groups is 1. The normalized spacial score (nSPS) is 20.1. The van der Waals surface area contributed by atoms with E-state index in [0.29, 0.717) is 31.0 Å². The van der Waals surface area contributed by atoms with Crippen molar-refractivity contribution in [2.24, 2.45) is 0 Å². The van der Waals surface area contributed by atoms with Gasteiger partial charge in [-0.05, 0) is 49.0 Å². The quantitative estimate of drug-likeness (QED) is 0.429. The van der Waals surface area contributed by atoms with Crippen LogP contribution in [0.15, 0.2) is 46.6 Å². The van der Waals surface area contributed by atoms with Gasteiger partial charge >= 0.3 is 0 Å². The van der Waals surface area contributed by atoms with E-state index in [2.05, 4.69) is 18.7 Å². The molecule has 2 aliphatic heterocycles. The summed E-state index contributed by atoms with van der Waals surface area (Å²) in [6.07, 6.45) is 2.25. The molecule has 3 heterocycles. The van der Waals surface area contributed by atoms with Crippen LogP contribution in [0.4, 0.5) is 0 Å². The maximum Gasteiger partial charge on any atom is 0.295 e. The summed E-state index contributed by atoms with van der Waals surface area (Å²) >= 11 is 0. The summed E-state index contributed by atoms with van der Waals surface area (Å²) in [5.41, 5.74) is 1.54. The van der Waals surface area contributed by atoms with Gasteiger partial charge in [0.1, 0.15) is 23.3 Å². The van der Waals surface area contributed by atoms with Crippen molar-refractivity contribution >= 4 is 17.4 Å². The summed E-state index contributed by atoms with van der Waals surface area (Å²) in [5.74, 6) is -0.247. The minimum Gasteiger partial charge on any atom is -0.507 e. The molecule has 0 radical (unpaired) electrons. The molecule has 1 fully saturated rings. The smallest absolute Gasteiger partial charge is 0.295 e. The number of carbonyl (C=O) groups is 2. The third kappa shape index (κ3) is 3.50. The van der Waals surface area contributed by atoms with Crippen LogP contribution in [0.3, 0.4) is 0 Å². The Hall–Kier alpha value is -3.06. The molecule has 1 amide bonds. The van der Waals surface area contributed by atoms with Crippen molar-refractivity contribution in [3.63, 3.8) is 0 Å². The number of hydrogen-bond donors (Lipinski definition) is 1. The lowest BCUT2D eigenvalue weighted by molar-refractivity contribution is -0.140. The van der Waals surface area contributed by atoms with Gasteiger partial charge in [0, 0.05) is 25.1 Å². The van der Waals surface area contributed by atoms with E-state index in [4.69, 9.17) is 9.15 Å². The Bertz CT molecular complexity index is 975. The van der Waals surface area contributed by atoms with Crippen molar-refractivity contribution < 1.29 is 23.8 Å². The lowest BCUT2D eigenvalue weighted by Crippen LogP contribution is -2.37. The van der Waals surface area contributed by atoms with Gasteiger partial charge in [-0.1, -0.05) is 13.8 Å². The minimum atomic E-state index is -0.750. The fourth-order valence-corrected chi connectivity index (χ4v) is 4.13. The highest BCUT2D eigenvalue weighted by Crippen LogP contribution is 2.40. The number of nitrogens with zero attached hydrogens (tertiary/aromatic N) is 2. The second-order valence-corrected chi connectivity index (χ2v) is 7.46. The number of hydrogen-bond acceptors (Lipinski definition) is 6. The molecule has 7 nitrogen and oxygen atoms in total. The molecule has 1 atom stereocenters. The Morgan fingerprint density at radius 3 is 2.73 bits per heavy atom. The number of rotatable bonds is 7. The molecule has 1 saturated heterocycles. The molecule has 1 N–H and O–H groups in total. The summed E-state index contributed by atoms with van der Waals surface area (Å²) in [7, 11) is 0. The van der Waals surface area contributed by atoms with Crippen LogP contribution < -0.4 is 4.74 Å². The molecule has 30 heavy (non-hydrogen) atoms. The Morgan fingerprint density at radius 1 is 1.23 bits per heavy atom. The number of Topliss-reactive ketones (excluding diaryl/α,β-unsaturated/α-hetero) is 1. The van der Waals surface area contributed by atoms with E-state index in [1.807, 2.05) is 6.07 Å². The second kappa shape index (κ2) is 8.36. The molecule has 0 aliphatic carbocycles. The molecule has 0 spiro atoms. The van der Waals surface area contributed by atoms with Crippen LogP contribution in [0.5, 0.6) is 5.75 Å². The van der Waals surface area contributed by atoms with Gasteiger partial charge in [-0.3, -0.25) is 9.59 Å². The first-order valence-electron chi connectivity index (χ1n) is 10.3. The summed E-state index contributed by atoms with van der Waals surface area (Å²) in [4.78, 5) is 29.5. The molecule has 7 heteroatoms. The van der Waals surface area contributed by atoms with Gasteiger partial charge in [0.15, 0.2) is 0 Å². The van der Waals surface area contributed by atoms with Crippen LogP contribution >= 0.6 is 0 Å². The van der Waals surface area contributed by atoms with Crippen molar-refractivity contribution in [1.82, 2.24) is 9.80 Å². The van der Waals surface area contributed by atoms with Crippen LogP contribution in [0.1, 0.15) is 36.8 Å². The Kier molecular flexibility index (Phi) is 5.63. The van der Waals surface area contributed by atoms with E-state index in [9.17, 15) is 14.7 Å². The summed E-state index contributed by atoms with van der Waals surface area (Å²) < 4.78 is 11.1. The van der Waals surface area contributed by atoms with Crippen LogP contribution in [-0.2, 0) is 16.0 Å². The Balaban J connectivity index is 1.74. The number of furan rings is 1. The fraction of sp³-hybridized carbons (Fsp3) is 0.391. The lowest BCUT2D eigenvalue weighted by Gasteiger charge is -2.26. The van der Waals surface area contributed by atoms with Crippen LogP contribution in [-0.4, -0.2) is 59.4 Å². The molecule has 0 saturated carbocycles. The number of aliphatic hydroxyl groups excluding tert-OH is 1. The molecular weight excluding hydrogens is 384 g/mol. The summed E-state index contributed by atoms with van der Waals surface area (Å²) in [6, 6.07) is 8.01. The van der Waals surface area contributed by atoms with Gasteiger partial charge in [-0.2, -0.15) is 0 Å². The van der Waals surface area contributed by atoms with Gasteiger partial charge in [-0.15, -0.1) is 0 Å². The number of likely N-dealkylation sites (N-methyl/N-ethyl adjacent to an activating group) is 1. The predicted molar refractivity (Wildman–Crippen MR) is 111 cm³/mol. The number of carbonyl (C=O) groups excluding carboxylic acids is 2. The van der Waals surface area contributed by atoms with Crippen molar-refractivity contribution in [3.05, 3.63) is 59.1 Å². The van der Waals surface area contributed by atoms with Crippen LogP contribution in [0.25, 0.3) is 5.76 Å². The van der Waals surface area contributed by atoms with E-state index in [0.717, 1.165) is 30.8 Å². The number of ketones is 1. The first-order valence-corrected chi connectivity index (χ1v) is 10.3. The maximum atomic E-state index is 13.0. The fourth-order valence-electron chi connectivity index (χ4n) is 4.13. The lowest BCUT2D eigenvalue weighted by atomic mass is 9.98. The van der Waals surface area contributed by atoms with E-state index >= 15 is 0 Å². The molecule has 2 aliphatic rings. The molecule has 4 rings (SSSR count). The number of amides is 1. The van der Waals surface area contributed by atoms with Crippen molar-refractivity contribution in [2.45, 2.75) is 26.3 Å². The zero-order chi connectivity index (χ0) is 21.3. The standard InChI is InChI=1S/C23H26N2O5/c1-3-24(4-2)10-11-25-20(18-6-5-12-29-18)19(22(27)23(25)28)21(26)16-7-8-17-15(14-16)9-13-30-17/h5-8,12,14,20,26H,3-4,9-11,13H2,1-2H3/b21-19-. The molecule has 1 aromatic carbocycles. The van der Waals surface area contributed by atoms with Crippen LogP contribution in [0, 0.1) is 0 Å². The van der Waals surface area contributed by atoms with E-state index in [1.165, 1.54) is 11.2 Å². The van der Waals surface area contributed by atoms with Crippen molar-refractivity contribution in [2.75, 3.05) is 32.8 Å². The first kappa shape index (κ1) is 20.2. The third-order valence-corrected chi connectivity index (χ3v) is 5.87. The monoisotopic (exact) mass is 410 g/mol. The van der Waals surface area contributed by atoms with Gasteiger partial charge in [0.05, 0.1) is 18.4 Å². The number of likely N-dealkylation sites (tertiary alicyclic amines) is 1. The van der Waals surface area contributed by atoms with Crippen molar-refractivity contribution in [1.29, 1.82) is 0 Å². The zero-order valence-corrected chi connectivity index (χ0v) is 17.3. The molecule has 0 bridgehead atoms. The largest absolute Gasteiger partial charge is 0.507 e. The summed E-state index contributed by atoms with van der Waals surface area (Å²) in [5, 5.41) is 11.1. The zero-order valence-electron chi connectivity index (χ0n) is 17.3. The van der Waals surface area contributed by atoms with Gasteiger partial charge < -0.3 is 24.1 Å². The minimum absolute atomic E-state index is 0.0633. The maximum absolute atomic E-state index is 13.0. The van der Waals surface area contributed by atoms with E-state index < -0.39 is 17.7 Å². The molecule has 1 unspecified atom stereocenters. The molecule has 158 valence electrons. The van der Waals surface area contributed by atoms with Crippen LogP contribution in [0.2, 0.25) is 0 Å².